The van der Waals surface area contributed by atoms with E-state index in [4.69, 9.17) is 0 Å². The smallest absolute Gasteiger partial charge is 0.0190 e. The second-order valence-corrected chi connectivity index (χ2v) is 9.72. The minimum atomic E-state index is 1.09. The molecule has 0 radical (unpaired) electrons. The zero-order chi connectivity index (χ0) is 18.8. The van der Waals surface area contributed by atoms with E-state index in [1.807, 2.05) is 0 Å². The molecule has 0 aliphatic carbocycles. The second-order valence-electron chi connectivity index (χ2n) is 7.51. The fourth-order valence-corrected chi connectivity index (χ4v) is 6.20. The summed E-state index contributed by atoms with van der Waals surface area (Å²) in [7, 11) is 0. The molecule has 0 saturated carbocycles. The molecular weight excluding hydrogens is 376 g/mol. The molecule has 0 amide bonds. The Balaban J connectivity index is 1.50. The summed E-state index contributed by atoms with van der Waals surface area (Å²) in [5.74, 6) is 4.51. The molecule has 4 aromatic rings. The molecule has 0 spiro atoms. The van der Waals surface area contributed by atoms with Crippen LogP contribution in [0.1, 0.15) is 22.3 Å². The van der Waals surface area contributed by atoms with Gasteiger partial charge < -0.3 is 0 Å². The Kier molecular flexibility index (Phi) is 5.33. The molecular formula is C26H24S2. The highest BCUT2D eigenvalue weighted by molar-refractivity contribution is 7.98. The lowest BCUT2D eigenvalue weighted by Crippen LogP contribution is -1.96. The molecule has 0 unspecified atom stereocenters. The average molecular weight is 401 g/mol. The maximum atomic E-state index is 2.46. The molecule has 4 bridgehead atoms. The molecule has 0 nitrogen and oxygen atoms in total. The fourth-order valence-electron chi connectivity index (χ4n) is 4.22. The van der Waals surface area contributed by atoms with Crippen molar-refractivity contribution in [2.45, 2.75) is 24.3 Å². The lowest BCUT2D eigenvalue weighted by Gasteiger charge is -2.11. The highest BCUT2D eigenvalue weighted by Crippen LogP contribution is 2.30. The summed E-state index contributed by atoms with van der Waals surface area (Å²) in [6.07, 6.45) is 2.29. The van der Waals surface area contributed by atoms with Gasteiger partial charge in [-0.3, -0.25) is 0 Å². The Bertz CT molecular complexity index is 1130. The molecule has 0 atom stereocenters. The van der Waals surface area contributed by atoms with E-state index in [1.165, 1.54) is 49.6 Å². The minimum absolute atomic E-state index is 1.09. The molecule has 0 saturated heterocycles. The maximum Gasteiger partial charge on any atom is 0.0190 e. The number of fused-ring (bicyclic) bond motifs is 8. The largest absolute Gasteiger partial charge is 0.157 e. The molecule has 4 aromatic carbocycles. The van der Waals surface area contributed by atoms with E-state index in [9.17, 15) is 0 Å². The average Bonchev–Trinajstić information content (AvgIpc) is 2.75. The van der Waals surface area contributed by atoms with Crippen LogP contribution in [-0.2, 0) is 24.3 Å². The quantitative estimate of drug-likeness (QED) is 0.305. The van der Waals surface area contributed by atoms with Crippen molar-refractivity contribution in [1.29, 1.82) is 0 Å². The Morgan fingerprint density at radius 3 is 1.86 bits per heavy atom. The first-order valence-corrected chi connectivity index (χ1v) is 12.3. The molecule has 0 N–H and O–H groups in total. The summed E-state index contributed by atoms with van der Waals surface area (Å²) in [4.78, 5) is 0. The highest BCUT2D eigenvalue weighted by Gasteiger charge is 2.09. The van der Waals surface area contributed by atoms with Gasteiger partial charge in [0.25, 0.3) is 0 Å². The minimum Gasteiger partial charge on any atom is -0.157 e. The molecule has 0 aromatic heterocycles. The van der Waals surface area contributed by atoms with Crippen molar-refractivity contribution in [1.82, 2.24) is 0 Å². The van der Waals surface area contributed by atoms with E-state index in [2.05, 4.69) is 96.3 Å². The van der Waals surface area contributed by atoms with Crippen LogP contribution in [0.2, 0.25) is 0 Å². The maximum absolute atomic E-state index is 2.46. The van der Waals surface area contributed by atoms with E-state index in [0.717, 1.165) is 30.1 Å². The molecule has 2 aliphatic rings. The van der Waals surface area contributed by atoms with Crippen molar-refractivity contribution < 1.29 is 0 Å². The number of hydrogen-bond acceptors (Lipinski definition) is 2. The first kappa shape index (κ1) is 18.1. The fraction of sp³-hybridized carbons (Fsp3) is 0.231. The monoisotopic (exact) mass is 400 g/mol. The van der Waals surface area contributed by atoms with Crippen molar-refractivity contribution in [3.05, 3.63) is 95.1 Å². The van der Waals surface area contributed by atoms with Crippen LogP contribution in [0.25, 0.3) is 21.5 Å². The van der Waals surface area contributed by atoms with E-state index in [-0.39, 0.29) is 0 Å². The summed E-state index contributed by atoms with van der Waals surface area (Å²) in [5, 5.41) is 5.70. The predicted octanol–water partition coefficient (Wildman–Crippen LogP) is 7.26. The van der Waals surface area contributed by atoms with E-state index in [0.29, 0.717) is 0 Å². The Hall–Kier alpha value is -1.90. The van der Waals surface area contributed by atoms with Gasteiger partial charge in [0.1, 0.15) is 0 Å². The van der Waals surface area contributed by atoms with E-state index >= 15 is 0 Å². The van der Waals surface area contributed by atoms with Crippen LogP contribution in [0, 0.1) is 0 Å². The SMILES string of the molecule is c1ccc2c3cc(cc2c1)CCSCc1ccc(c2ccccc12)CSCC3. The third-order valence-electron chi connectivity index (χ3n) is 5.68. The number of hydrogen-bond donors (Lipinski definition) is 0. The molecule has 0 fully saturated rings. The summed E-state index contributed by atoms with van der Waals surface area (Å²) >= 11 is 4.12. The molecule has 2 aliphatic heterocycles. The Morgan fingerprint density at radius 2 is 1.14 bits per heavy atom. The van der Waals surface area contributed by atoms with Crippen LogP contribution in [0.4, 0.5) is 0 Å². The predicted molar refractivity (Wildman–Crippen MR) is 128 cm³/mol. The van der Waals surface area contributed by atoms with Crippen LogP contribution in [0.3, 0.4) is 0 Å². The van der Waals surface area contributed by atoms with Gasteiger partial charge in [-0.25, -0.2) is 0 Å². The summed E-state index contributed by atoms with van der Waals surface area (Å²) in [5.41, 5.74) is 5.95. The van der Waals surface area contributed by atoms with Crippen molar-refractivity contribution in [3.8, 4) is 0 Å². The summed E-state index contributed by atoms with van der Waals surface area (Å²) < 4.78 is 0. The van der Waals surface area contributed by atoms with Gasteiger partial charge in [-0.15, -0.1) is 0 Å². The highest BCUT2D eigenvalue weighted by atomic mass is 32.2. The third-order valence-corrected chi connectivity index (χ3v) is 7.69. The van der Waals surface area contributed by atoms with Gasteiger partial charge in [0.05, 0.1) is 0 Å². The first-order valence-electron chi connectivity index (χ1n) is 10.0. The number of rotatable bonds is 0. The normalized spacial score (nSPS) is 15.4. The van der Waals surface area contributed by atoms with Gasteiger partial charge in [0.15, 0.2) is 0 Å². The molecule has 140 valence electrons. The first-order chi connectivity index (χ1) is 13.9. The van der Waals surface area contributed by atoms with Crippen LogP contribution >= 0.6 is 23.5 Å². The van der Waals surface area contributed by atoms with Crippen molar-refractivity contribution in [2.24, 2.45) is 0 Å². The molecule has 6 rings (SSSR count). The van der Waals surface area contributed by atoms with Crippen LogP contribution in [-0.4, -0.2) is 11.5 Å². The lowest BCUT2D eigenvalue weighted by molar-refractivity contribution is 1.12. The summed E-state index contributed by atoms with van der Waals surface area (Å²) in [6, 6.07) is 27.4. The summed E-state index contributed by atoms with van der Waals surface area (Å²) in [6.45, 7) is 0. The Morgan fingerprint density at radius 1 is 0.536 bits per heavy atom. The lowest BCUT2D eigenvalue weighted by atomic mass is 9.98. The molecule has 28 heavy (non-hydrogen) atoms. The van der Waals surface area contributed by atoms with Gasteiger partial charge >= 0.3 is 0 Å². The van der Waals surface area contributed by atoms with Gasteiger partial charge in [-0.05, 0) is 68.1 Å². The Labute approximate surface area is 175 Å². The number of benzene rings is 4. The second kappa shape index (κ2) is 8.23. The topological polar surface area (TPSA) is 0 Å². The van der Waals surface area contributed by atoms with Crippen LogP contribution in [0.15, 0.2) is 72.8 Å². The van der Waals surface area contributed by atoms with Gasteiger partial charge in [-0.1, -0.05) is 72.8 Å². The van der Waals surface area contributed by atoms with Crippen LogP contribution in [0.5, 0.6) is 0 Å². The number of aryl methyl sites for hydroxylation is 2. The molecule has 2 heteroatoms. The van der Waals surface area contributed by atoms with Crippen LogP contribution < -0.4 is 0 Å². The third kappa shape index (κ3) is 3.68. The zero-order valence-corrected chi connectivity index (χ0v) is 17.6. The van der Waals surface area contributed by atoms with Gasteiger partial charge in [0, 0.05) is 11.5 Å². The standard InChI is InChI=1S/C26H24S2/c1-2-6-24-20(5-1)15-19-11-13-27-17-22-9-10-23(18-28-14-12-21(24)16-19)26-8-4-3-7-25(22)26/h1-10,15-16H,11-14,17-18H2. The van der Waals surface area contributed by atoms with Gasteiger partial charge in [0.2, 0.25) is 0 Å². The molecule has 2 heterocycles. The van der Waals surface area contributed by atoms with Crippen molar-refractivity contribution in [3.63, 3.8) is 0 Å². The van der Waals surface area contributed by atoms with Crippen molar-refractivity contribution >= 4 is 45.1 Å². The van der Waals surface area contributed by atoms with E-state index in [1.54, 1.807) is 0 Å². The van der Waals surface area contributed by atoms with E-state index < -0.39 is 0 Å². The van der Waals surface area contributed by atoms with Crippen molar-refractivity contribution in [2.75, 3.05) is 11.5 Å². The number of thioether (sulfide) groups is 2. The zero-order valence-electron chi connectivity index (χ0n) is 16.0. The van der Waals surface area contributed by atoms with Gasteiger partial charge in [-0.2, -0.15) is 23.5 Å².